The van der Waals surface area contributed by atoms with E-state index >= 15 is 0 Å². The second-order valence-corrected chi connectivity index (χ2v) is 15.1. The molecule has 2 fully saturated rings. The van der Waals surface area contributed by atoms with Crippen molar-refractivity contribution in [3.63, 3.8) is 0 Å². The number of hydrogen-bond donors (Lipinski definition) is 6. The van der Waals surface area contributed by atoms with Crippen molar-refractivity contribution in [1.29, 1.82) is 0 Å². The highest BCUT2D eigenvalue weighted by Gasteiger charge is 2.45. The molecule has 1 aliphatic carbocycles. The summed E-state index contributed by atoms with van der Waals surface area (Å²) in [4.78, 5) is 115. The highest BCUT2D eigenvalue weighted by Crippen LogP contribution is 2.31. The minimum atomic E-state index is -1.47. The van der Waals surface area contributed by atoms with E-state index in [-0.39, 0.29) is 31.9 Å². The number of ketones is 1. The Morgan fingerprint density at radius 3 is 2.16 bits per heavy atom. The minimum Gasteiger partial charge on any atom is -0.476 e. The molecule has 1 saturated heterocycles. The average molecular weight is 841 g/mol. The Morgan fingerprint density at radius 1 is 0.869 bits per heavy atom. The third-order valence-electron chi connectivity index (χ3n) is 10.8. The summed E-state index contributed by atoms with van der Waals surface area (Å²) < 4.78 is 6.21. The molecule has 18 heteroatoms. The molecule has 2 aliphatic rings. The van der Waals surface area contributed by atoms with E-state index in [9.17, 15) is 43.5 Å². The first-order chi connectivity index (χ1) is 29.4. The van der Waals surface area contributed by atoms with Crippen LogP contribution in [-0.2, 0) is 40.1 Å². The molecule has 3 aromatic rings. The number of nitrogens with zero attached hydrogens (tertiary/aromatic N) is 3. The Kier molecular flexibility index (Phi) is 16.5. The summed E-state index contributed by atoms with van der Waals surface area (Å²) in [7, 11) is 0. The zero-order chi connectivity index (χ0) is 43.9. The van der Waals surface area contributed by atoms with E-state index in [1.54, 1.807) is 30.3 Å². The maximum Gasteiger partial charge on any atom is 0.356 e. The second kappa shape index (κ2) is 22.2. The van der Waals surface area contributed by atoms with Crippen LogP contribution in [0.25, 0.3) is 0 Å². The summed E-state index contributed by atoms with van der Waals surface area (Å²) >= 11 is 0. The third-order valence-corrected chi connectivity index (χ3v) is 10.8. The molecule has 0 spiro atoms. The molecular weight excluding hydrogens is 789 g/mol. The van der Waals surface area contributed by atoms with Gasteiger partial charge in [-0.05, 0) is 36.3 Å². The number of ether oxygens (including phenoxy) is 1. The number of carboxylic acids is 1. The number of nitrogens with two attached hydrogens (primary N) is 1. The molecular formula is C43H52N8O10. The van der Waals surface area contributed by atoms with Crippen LogP contribution < -0.4 is 27.0 Å². The Balaban J connectivity index is 1.34. The maximum atomic E-state index is 14.7. The summed E-state index contributed by atoms with van der Waals surface area (Å²) in [5.41, 5.74) is 5.71. The van der Waals surface area contributed by atoms with Crippen molar-refractivity contribution in [2.45, 2.75) is 102 Å². The number of carbonyl (C=O) groups excluding carboxylic acids is 7. The number of unbranched alkanes of at least 4 members (excludes halogenated alkanes) is 1. The fourth-order valence-electron chi connectivity index (χ4n) is 7.62. The van der Waals surface area contributed by atoms with Gasteiger partial charge in [0.25, 0.3) is 11.8 Å². The lowest BCUT2D eigenvalue weighted by Crippen LogP contribution is -2.58. The number of hydrogen-bond acceptors (Lipinski definition) is 11. The monoisotopic (exact) mass is 840 g/mol. The number of aromatic carboxylic acids is 1. The molecule has 0 bridgehead atoms. The highest BCUT2D eigenvalue weighted by molar-refractivity contribution is 6.38. The summed E-state index contributed by atoms with van der Waals surface area (Å²) in [5.74, 6) is -7.88. The van der Waals surface area contributed by atoms with Gasteiger partial charge in [0, 0.05) is 25.4 Å². The van der Waals surface area contributed by atoms with Gasteiger partial charge in [-0.25, -0.2) is 14.8 Å². The second-order valence-electron chi connectivity index (χ2n) is 15.1. The molecule has 18 nitrogen and oxygen atoms in total. The lowest BCUT2D eigenvalue weighted by Gasteiger charge is -2.34. The van der Waals surface area contributed by atoms with Crippen LogP contribution in [-0.4, -0.2) is 104 Å². The van der Waals surface area contributed by atoms with Gasteiger partial charge in [0.2, 0.25) is 29.4 Å². The van der Waals surface area contributed by atoms with Crippen LogP contribution in [0.5, 0.6) is 0 Å². The molecule has 2 aromatic carbocycles. The lowest BCUT2D eigenvalue weighted by atomic mass is 9.83. The number of benzene rings is 2. The van der Waals surface area contributed by atoms with Crippen LogP contribution in [0.2, 0.25) is 0 Å². The molecule has 1 saturated carbocycles. The summed E-state index contributed by atoms with van der Waals surface area (Å²) in [5, 5.41) is 19.8. The fourth-order valence-corrected chi connectivity index (χ4v) is 7.62. The zero-order valence-corrected chi connectivity index (χ0v) is 33.9. The first-order valence-electron chi connectivity index (χ1n) is 20.4. The predicted molar refractivity (Wildman–Crippen MR) is 218 cm³/mol. The van der Waals surface area contributed by atoms with Gasteiger partial charge in [-0.1, -0.05) is 99.7 Å². The molecule has 5 rings (SSSR count). The lowest BCUT2D eigenvalue weighted by molar-refractivity contribution is -0.143. The third kappa shape index (κ3) is 12.5. The van der Waals surface area contributed by atoms with E-state index in [1.165, 1.54) is 11.1 Å². The SMILES string of the molecule is CCCCC(NC(=O)C1CC(OCc2ccccc2)CN1C(=O)C(NC(=O)c1nccnc1C(=O)O)C1CCCCC1)C(=O)C(=O)NCC(=O)NC(C(N)=O)c1ccccc1. The van der Waals surface area contributed by atoms with Gasteiger partial charge in [-0.3, -0.25) is 33.6 Å². The molecule has 5 unspecified atom stereocenters. The standard InChI is InChI=1S/C43H52N8O10/c1-2-3-19-30(37(53)41(57)47-23-32(52)49-33(38(44)54)27-15-9-5-10-16-27)48-39(55)31-22-29(61-25-26-13-7-4-8-14-26)24-51(31)42(58)34(28-17-11-6-12-18-28)50-40(56)35-36(43(59)60)46-21-20-45-35/h4-5,7-10,13-16,20-21,28-31,33-34H,2-3,6,11-12,17-19,22-25H2,1H3,(H2,44,54)(H,47,57)(H,48,55)(H,49,52)(H,50,56)(H,59,60). The van der Waals surface area contributed by atoms with Gasteiger partial charge in [-0.2, -0.15) is 0 Å². The molecule has 0 radical (unpaired) electrons. The zero-order valence-electron chi connectivity index (χ0n) is 33.9. The van der Waals surface area contributed by atoms with E-state index in [0.717, 1.165) is 31.0 Å². The number of nitrogens with one attached hydrogen (secondary N) is 4. The quantitative estimate of drug-likeness (QED) is 0.0889. The van der Waals surface area contributed by atoms with Crippen LogP contribution in [0.3, 0.4) is 0 Å². The van der Waals surface area contributed by atoms with Crippen molar-refractivity contribution < 1.29 is 48.2 Å². The molecule has 7 N–H and O–H groups in total. The summed E-state index contributed by atoms with van der Waals surface area (Å²) in [6.07, 6.45) is 6.46. The van der Waals surface area contributed by atoms with E-state index in [2.05, 4.69) is 31.2 Å². The Bertz CT molecular complexity index is 2050. The van der Waals surface area contributed by atoms with E-state index in [4.69, 9.17) is 10.5 Å². The number of rotatable bonds is 20. The molecule has 5 atom stereocenters. The first kappa shape index (κ1) is 45.5. The highest BCUT2D eigenvalue weighted by atomic mass is 16.5. The topological polar surface area (TPSA) is 269 Å². The Morgan fingerprint density at radius 2 is 1.52 bits per heavy atom. The van der Waals surface area contributed by atoms with Crippen LogP contribution in [0.1, 0.15) is 103 Å². The number of carbonyl (C=O) groups is 8. The van der Waals surface area contributed by atoms with Crippen molar-refractivity contribution >= 4 is 47.2 Å². The molecule has 1 aromatic heterocycles. The smallest absolute Gasteiger partial charge is 0.356 e. The van der Waals surface area contributed by atoms with Crippen LogP contribution in [0, 0.1) is 5.92 Å². The Hall–Kier alpha value is -6.56. The molecule has 6 amide bonds. The van der Waals surface area contributed by atoms with Crippen LogP contribution in [0.4, 0.5) is 0 Å². The van der Waals surface area contributed by atoms with Gasteiger partial charge in [0.05, 0.1) is 25.3 Å². The summed E-state index contributed by atoms with van der Waals surface area (Å²) in [6, 6.07) is 12.6. The van der Waals surface area contributed by atoms with Gasteiger partial charge in [0.15, 0.2) is 11.4 Å². The van der Waals surface area contributed by atoms with E-state index < -0.39 is 95.4 Å². The number of aromatic nitrogens is 2. The average Bonchev–Trinajstić information content (AvgIpc) is 3.72. The van der Waals surface area contributed by atoms with Crippen molar-refractivity contribution in [2.24, 2.45) is 11.7 Å². The van der Waals surface area contributed by atoms with Crippen LogP contribution in [0.15, 0.2) is 73.1 Å². The normalized spacial score (nSPS) is 17.9. The molecule has 324 valence electrons. The van der Waals surface area contributed by atoms with Crippen molar-refractivity contribution in [3.05, 3.63) is 95.6 Å². The molecule has 61 heavy (non-hydrogen) atoms. The number of likely N-dealkylation sites (tertiary alicyclic amines) is 1. The predicted octanol–water partition coefficient (Wildman–Crippen LogP) is 1.74. The van der Waals surface area contributed by atoms with Crippen molar-refractivity contribution in [2.75, 3.05) is 13.1 Å². The largest absolute Gasteiger partial charge is 0.476 e. The minimum absolute atomic E-state index is 0.0204. The number of amides is 6. The van der Waals surface area contributed by atoms with Gasteiger partial charge >= 0.3 is 5.97 Å². The fraction of sp³-hybridized carbons (Fsp3) is 0.442. The number of carboxylic acid groups (broad SMARTS) is 1. The number of primary amides is 1. The maximum absolute atomic E-state index is 14.7. The van der Waals surface area contributed by atoms with Gasteiger partial charge in [-0.15, -0.1) is 0 Å². The van der Waals surface area contributed by atoms with Crippen LogP contribution >= 0.6 is 0 Å². The first-order valence-corrected chi connectivity index (χ1v) is 20.4. The number of Topliss-reactive ketones (excluding diaryl/α,β-unsaturated/α-hetero) is 1. The van der Waals surface area contributed by atoms with Crippen molar-refractivity contribution in [3.8, 4) is 0 Å². The van der Waals surface area contributed by atoms with Gasteiger partial charge in [0.1, 0.15) is 18.1 Å². The molecule has 1 aliphatic heterocycles. The summed E-state index contributed by atoms with van der Waals surface area (Å²) in [6.45, 7) is 1.32. The van der Waals surface area contributed by atoms with Gasteiger partial charge < -0.3 is 41.7 Å². The van der Waals surface area contributed by atoms with E-state index in [0.29, 0.717) is 31.2 Å². The van der Waals surface area contributed by atoms with E-state index in [1.807, 2.05) is 37.3 Å². The Labute approximate surface area is 352 Å². The molecule has 2 heterocycles. The van der Waals surface area contributed by atoms with Crippen molar-refractivity contribution in [1.82, 2.24) is 36.1 Å².